The summed E-state index contributed by atoms with van der Waals surface area (Å²) in [4.78, 5) is 26.5. The summed E-state index contributed by atoms with van der Waals surface area (Å²) in [6.07, 6.45) is 3.11. The van der Waals surface area contributed by atoms with Crippen LogP contribution in [0.3, 0.4) is 0 Å². The molecule has 3 rings (SSSR count). The van der Waals surface area contributed by atoms with E-state index in [-0.39, 0.29) is 11.9 Å². The average Bonchev–Trinajstić information content (AvgIpc) is 3.48. The third-order valence-electron chi connectivity index (χ3n) is 5.17. The summed E-state index contributed by atoms with van der Waals surface area (Å²) >= 11 is 0. The summed E-state index contributed by atoms with van der Waals surface area (Å²) in [5.74, 6) is -0.00729. The third-order valence-corrected chi connectivity index (χ3v) is 5.17. The van der Waals surface area contributed by atoms with Crippen LogP contribution in [0.4, 0.5) is 4.79 Å². The first-order chi connectivity index (χ1) is 12.9. The first-order valence-corrected chi connectivity index (χ1v) is 9.65. The van der Waals surface area contributed by atoms with Gasteiger partial charge in [-0.15, -0.1) is 0 Å². The van der Waals surface area contributed by atoms with Gasteiger partial charge < -0.3 is 15.5 Å². The van der Waals surface area contributed by atoms with Crippen LogP contribution in [0.2, 0.25) is 0 Å². The van der Waals surface area contributed by atoms with Crippen LogP contribution in [0, 0.1) is 0 Å². The molecule has 0 spiro atoms. The van der Waals surface area contributed by atoms with E-state index in [1.165, 1.54) is 16.3 Å². The van der Waals surface area contributed by atoms with E-state index in [9.17, 15) is 9.59 Å². The van der Waals surface area contributed by atoms with Crippen molar-refractivity contribution in [1.82, 2.24) is 15.5 Å². The number of nitrogens with one attached hydrogen (secondary N) is 2. The van der Waals surface area contributed by atoms with Crippen LogP contribution in [0.25, 0.3) is 10.8 Å². The molecule has 2 aromatic rings. The van der Waals surface area contributed by atoms with E-state index in [0.29, 0.717) is 25.4 Å². The number of carbonyl (C=O) groups is 2. The molecule has 1 aliphatic carbocycles. The number of hydrogen-bond donors (Lipinski definition) is 2. The van der Waals surface area contributed by atoms with E-state index < -0.39 is 5.54 Å². The number of nitrogens with zero attached hydrogens (tertiary/aromatic N) is 1. The second-order valence-corrected chi connectivity index (χ2v) is 7.98. The Morgan fingerprint density at radius 3 is 2.52 bits per heavy atom. The Morgan fingerprint density at radius 2 is 1.81 bits per heavy atom. The Bertz CT molecular complexity index is 822. The molecule has 0 aromatic heterocycles. The van der Waals surface area contributed by atoms with Crippen molar-refractivity contribution in [1.29, 1.82) is 0 Å². The van der Waals surface area contributed by atoms with Gasteiger partial charge in [-0.05, 0) is 49.4 Å². The van der Waals surface area contributed by atoms with Crippen molar-refractivity contribution in [2.45, 2.75) is 57.7 Å². The summed E-state index contributed by atoms with van der Waals surface area (Å²) in [5.41, 5.74) is 0.730. The summed E-state index contributed by atoms with van der Waals surface area (Å²) < 4.78 is 0. The quantitative estimate of drug-likeness (QED) is 0.781. The Hall–Kier alpha value is -2.56. The van der Waals surface area contributed by atoms with E-state index in [1.54, 1.807) is 7.05 Å². The minimum Gasteiger partial charge on any atom is -0.359 e. The van der Waals surface area contributed by atoms with Crippen molar-refractivity contribution in [2.75, 3.05) is 7.05 Å². The first-order valence-electron chi connectivity index (χ1n) is 9.65. The summed E-state index contributed by atoms with van der Waals surface area (Å²) in [7, 11) is 1.63. The summed E-state index contributed by atoms with van der Waals surface area (Å²) in [5, 5.41) is 8.15. The van der Waals surface area contributed by atoms with Gasteiger partial charge in [0.2, 0.25) is 5.91 Å². The van der Waals surface area contributed by atoms with Crippen LogP contribution in [0.15, 0.2) is 42.5 Å². The molecule has 27 heavy (non-hydrogen) atoms. The number of urea groups is 1. The maximum Gasteiger partial charge on any atom is 0.318 e. The number of rotatable bonds is 7. The minimum atomic E-state index is -0.435. The Labute approximate surface area is 161 Å². The lowest BCUT2D eigenvalue weighted by molar-refractivity contribution is -0.121. The van der Waals surface area contributed by atoms with E-state index in [4.69, 9.17) is 0 Å². The van der Waals surface area contributed by atoms with Gasteiger partial charge in [-0.2, -0.15) is 0 Å². The summed E-state index contributed by atoms with van der Waals surface area (Å²) in [6.45, 7) is 4.54. The predicted octanol–water partition coefficient (Wildman–Crippen LogP) is 3.82. The molecule has 5 heteroatoms. The molecule has 0 unspecified atom stereocenters. The fourth-order valence-electron chi connectivity index (χ4n) is 3.34. The van der Waals surface area contributed by atoms with E-state index in [2.05, 4.69) is 34.9 Å². The van der Waals surface area contributed by atoms with Crippen LogP contribution in [-0.4, -0.2) is 35.5 Å². The van der Waals surface area contributed by atoms with Crippen LogP contribution in [-0.2, 0) is 11.3 Å². The molecule has 2 N–H and O–H groups in total. The van der Waals surface area contributed by atoms with Gasteiger partial charge in [0.15, 0.2) is 0 Å². The normalized spacial score (nSPS) is 14.0. The zero-order valence-electron chi connectivity index (χ0n) is 16.4. The molecule has 0 aliphatic heterocycles. The van der Waals surface area contributed by atoms with Crippen LogP contribution < -0.4 is 10.6 Å². The van der Waals surface area contributed by atoms with Gasteiger partial charge in [-0.1, -0.05) is 42.5 Å². The SMILES string of the molecule is CNC(=O)CCC(C)(C)NC(=O)N(Cc1cccc2ccccc12)C1CC1. The van der Waals surface area contributed by atoms with E-state index in [0.717, 1.165) is 12.8 Å². The smallest absolute Gasteiger partial charge is 0.318 e. The molecule has 0 saturated heterocycles. The maximum atomic E-state index is 13.0. The Kier molecular flexibility index (Phi) is 5.68. The molecule has 0 radical (unpaired) electrons. The van der Waals surface area contributed by atoms with Gasteiger partial charge >= 0.3 is 6.03 Å². The predicted molar refractivity (Wildman–Crippen MR) is 108 cm³/mol. The lowest BCUT2D eigenvalue weighted by Crippen LogP contribution is -2.50. The molecular formula is C22H29N3O2. The van der Waals surface area contributed by atoms with Crippen molar-refractivity contribution < 1.29 is 9.59 Å². The minimum absolute atomic E-state index is 0.00729. The molecule has 3 amide bonds. The molecule has 144 valence electrons. The monoisotopic (exact) mass is 367 g/mol. The maximum absolute atomic E-state index is 13.0. The largest absolute Gasteiger partial charge is 0.359 e. The van der Waals surface area contributed by atoms with Crippen molar-refractivity contribution in [3.05, 3.63) is 48.0 Å². The third kappa shape index (κ3) is 5.00. The molecule has 0 bridgehead atoms. The number of carbonyl (C=O) groups excluding carboxylic acids is 2. The molecule has 1 aliphatic rings. The van der Waals surface area contributed by atoms with Crippen LogP contribution in [0.5, 0.6) is 0 Å². The van der Waals surface area contributed by atoms with Crippen molar-refractivity contribution in [2.24, 2.45) is 0 Å². The average molecular weight is 367 g/mol. The zero-order valence-corrected chi connectivity index (χ0v) is 16.4. The second kappa shape index (κ2) is 7.99. The highest BCUT2D eigenvalue weighted by molar-refractivity contribution is 5.86. The molecule has 2 aromatic carbocycles. The lowest BCUT2D eigenvalue weighted by Gasteiger charge is -2.31. The molecule has 0 heterocycles. The van der Waals surface area contributed by atoms with Gasteiger partial charge in [0.05, 0.1) is 0 Å². The molecule has 1 fully saturated rings. The van der Waals surface area contributed by atoms with Gasteiger partial charge in [-0.3, -0.25) is 4.79 Å². The highest BCUT2D eigenvalue weighted by Crippen LogP contribution is 2.30. The number of benzene rings is 2. The van der Waals surface area contributed by atoms with Crippen molar-refractivity contribution in [3.8, 4) is 0 Å². The van der Waals surface area contributed by atoms with Gasteiger partial charge in [-0.25, -0.2) is 4.79 Å². The van der Waals surface area contributed by atoms with E-state index in [1.807, 2.05) is 36.9 Å². The van der Waals surface area contributed by atoms with Gasteiger partial charge in [0.1, 0.15) is 0 Å². The van der Waals surface area contributed by atoms with Crippen LogP contribution in [0.1, 0.15) is 45.1 Å². The fraction of sp³-hybridized carbons (Fsp3) is 0.455. The standard InChI is InChI=1S/C22H29N3O2/c1-22(2,14-13-20(26)23-3)24-21(27)25(18-11-12-18)15-17-9-6-8-16-7-4-5-10-19(16)17/h4-10,18H,11-15H2,1-3H3,(H,23,26)(H,24,27). The highest BCUT2D eigenvalue weighted by atomic mass is 16.2. The lowest BCUT2D eigenvalue weighted by atomic mass is 9.98. The fourth-order valence-corrected chi connectivity index (χ4v) is 3.34. The zero-order chi connectivity index (χ0) is 19.4. The number of fused-ring (bicyclic) bond motifs is 1. The topological polar surface area (TPSA) is 61.4 Å². The molecule has 0 atom stereocenters. The summed E-state index contributed by atoms with van der Waals surface area (Å²) in [6, 6.07) is 14.8. The number of amides is 3. The molecular weight excluding hydrogens is 338 g/mol. The second-order valence-electron chi connectivity index (χ2n) is 7.98. The van der Waals surface area contributed by atoms with E-state index >= 15 is 0 Å². The Balaban J connectivity index is 1.72. The molecule has 5 nitrogen and oxygen atoms in total. The molecule has 1 saturated carbocycles. The van der Waals surface area contributed by atoms with Gasteiger partial charge in [0.25, 0.3) is 0 Å². The highest BCUT2D eigenvalue weighted by Gasteiger charge is 2.35. The number of hydrogen-bond acceptors (Lipinski definition) is 2. The first kappa shape index (κ1) is 19.2. The van der Waals surface area contributed by atoms with Gasteiger partial charge in [0, 0.05) is 31.6 Å². The Morgan fingerprint density at radius 1 is 1.11 bits per heavy atom. The van der Waals surface area contributed by atoms with Crippen molar-refractivity contribution in [3.63, 3.8) is 0 Å². The van der Waals surface area contributed by atoms with Crippen molar-refractivity contribution >= 4 is 22.7 Å². The van der Waals surface area contributed by atoms with Crippen LogP contribution >= 0.6 is 0 Å².